The highest BCUT2D eigenvalue weighted by Crippen LogP contribution is 2.11. The van der Waals surface area contributed by atoms with Crippen LogP contribution in [0.3, 0.4) is 0 Å². The van der Waals surface area contributed by atoms with Gasteiger partial charge in [-0.25, -0.2) is 10.5 Å². The number of aromatic nitrogens is 2. The van der Waals surface area contributed by atoms with Gasteiger partial charge in [-0.05, 0) is 42.8 Å². The molecule has 1 aromatic carbocycles. The van der Waals surface area contributed by atoms with Crippen molar-refractivity contribution < 1.29 is 9.53 Å². The normalized spacial score (nSPS) is 11.0. The monoisotopic (exact) mass is 286 g/mol. The first kappa shape index (κ1) is 14.4. The number of rotatable bonds is 4. The predicted octanol–water partition coefficient (Wildman–Crippen LogP) is 0.932. The van der Waals surface area contributed by atoms with Gasteiger partial charge in [-0.3, -0.25) is 9.59 Å². The minimum atomic E-state index is -0.501. The fourth-order valence-corrected chi connectivity index (χ4v) is 1.56. The molecule has 1 aromatic heterocycles. The van der Waals surface area contributed by atoms with Crippen molar-refractivity contribution in [2.75, 3.05) is 7.11 Å². The summed E-state index contributed by atoms with van der Waals surface area (Å²) in [4.78, 5) is 22.6. The summed E-state index contributed by atoms with van der Waals surface area (Å²) in [6.45, 7) is 1.77. The molecule has 1 amide bonds. The third kappa shape index (κ3) is 3.75. The van der Waals surface area contributed by atoms with E-state index in [0.717, 1.165) is 11.3 Å². The Labute approximate surface area is 120 Å². The number of nitrogens with zero attached hydrogens (tertiary/aromatic N) is 2. The molecule has 7 heteroatoms. The molecule has 0 atom stereocenters. The summed E-state index contributed by atoms with van der Waals surface area (Å²) in [6, 6.07) is 9.83. The van der Waals surface area contributed by atoms with Crippen molar-refractivity contribution in [1.29, 1.82) is 0 Å². The van der Waals surface area contributed by atoms with Crippen molar-refractivity contribution in [2.45, 2.75) is 6.92 Å². The number of H-pyrrole nitrogens is 1. The Morgan fingerprint density at radius 2 is 1.95 bits per heavy atom. The van der Waals surface area contributed by atoms with Crippen molar-refractivity contribution >= 4 is 11.6 Å². The fourth-order valence-electron chi connectivity index (χ4n) is 1.56. The fraction of sp³-hybridized carbons (Fsp3) is 0.143. The number of hydrogen-bond acceptors (Lipinski definition) is 5. The number of aromatic amines is 1. The van der Waals surface area contributed by atoms with E-state index < -0.39 is 5.91 Å². The number of nitrogens with one attached hydrogen (secondary N) is 2. The first-order valence-corrected chi connectivity index (χ1v) is 6.15. The van der Waals surface area contributed by atoms with Crippen LogP contribution in [0.4, 0.5) is 0 Å². The molecular weight excluding hydrogens is 272 g/mol. The van der Waals surface area contributed by atoms with E-state index in [-0.39, 0.29) is 11.3 Å². The summed E-state index contributed by atoms with van der Waals surface area (Å²) in [7, 11) is 1.59. The summed E-state index contributed by atoms with van der Waals surface area (Å²) in [5, 5.41) is 9.79. The van der Waals surface area contributed by atoms with Crippen LogP contribution in [-0.4, -0.2) is 28.9 Å². The van der Waals surface area contributed by atoms with E-state index in [1.165, 1.54) is 12.1 Å². The number of ether oxygens (including phenoxy) is 1. The summed E-state index contributed by atoms with van der Waals surface area (Å²) in [6.07, 6.45) is 0. The zero-order chi connectivity index (χ0) is 15.2. The summed E-state index contributed by atoms with van der Waals surface area (Å²) in [5.74, 6) is 0.243. The quantitative estimate of drug-likeness (QED) is 0.645. The molecule has 0 aliphatic rings. The molecule has 2 aromatic rings. The maximum absolute atomic E-state index is 11.8. The second-order valence-electron chi connectivity index (χ2n) is 4.17. The lowest BCUT2D eigenvalue weighted by Crippen LogP contribution is -2.22. The minimum absolute atomic E-state index is 0.0841. The molecule has 0 saturated carbocycles. The highest BCUT2D eigenvalue weighted by molar-refractivity contribution is 6.00. The maximum atomic E-state index is 11.8. The Kier molecular flexibility index (Phi) is 4.45. The Hall–Kier alpha value is -2.96. The molecule has 108 valence electrons. The van der Waals surface area contributed by atoms with E-state index in [1.54, 1.807) is 26.2 Å². The van der Waals surface area contributed by atoms with Gasteiger partial charge in [0, 0.05) is 6.07 Å². The van der Waals surface area contributed by atoms with E-state index in [1.807, 2.05) is 12.1 Å². The topological polar surface area (TPSA) is 96.4 Å². The lowest BCUT2D eigenvalue weighted by Gasteiger charge is -2.04. The molecule has 2 N–H and O–H groups in total. The van der Waals surface area contributed by atoms with Crippen LogP contribution >= 0.6 is 0 Å². The van der Waals surface area contributed by atoms with E-state index in [9.17, 15) is 9.59 Å². The zero-order valence-corrected chi connectivity index (χ0v) is 11.6. The Bertz CT molecular complexity index is 699. The lowest BCUT2D eigenvalue weighted by atomic mass is 10.1. The molecule has 0 aliphatic heterocycles. The number of hydrazone groups is 1. The van der Waals surface area contributed by atoms with Gasteiger partial charge in [0.05, 0.1) is 12.8 Å². The van der Waals surface area contributed by atoms with Crippen LogP contribution in [-0.2, 0) is 0 Å². The molecule has 7 nitrogen and oxygen atoms in total. The SMILES string of the molecule is COc1ccc(C(C)=NNC(=O)c2ccc(=O)[nH]n2)cc1. The first-order chi connectivity index (χ1) is 10.1. The first-order valence-electron chi connectivity index (χ1n) is 6.15. The number of carbonyl (C=O) groups excluding carboxylic acids is 1. The summed E-state index contributed by atoms with van der Waals surface area (Å²) in [5.41, 5.74) is 3.58. The molecule has 0 bridgehead atoms. The molecule has 0 unspecified atom stereocenters. The van der Waals surface area contributed by atoms with Crippen LogP contribution in [0.5, 0.6) is 5.75 Å². The van der Waals surface area contributed by atoms with Gasteiger partial charge in [0.25, 0.3) is 11.5 Å². The van der Waals surface area contributed by atoms with E-state index in [2.05, 4.69) is 20.7 Å². The smallest absolute Gasteiger partial charge is 0.291 e. The molecular formula is C14H14N4O3. The molecule has 21 heavy (non-hydrogen) atoms. The summed E-state index contributed by atoms with van der Waals surface area (Å²) >= 11 is 0. The molecule has 0 radical (unpaired) electrons. The molecule has 2 rings (SSSR count). The van der Waals surface area contributed by atoms with Crippen molar-refractivity contribution in [1.82, 2.24) is 15.6 Å². The number of benzene rings is 1. The molecule has 0 aliphatic carbocycles. The predicted molar refractivity (Wildman–Crippen MR) is 77.5 cm³/mol. The number of amides is 1. The highest BCUT2D eigenvalue weighted by atomic mass is 16.5. The Morgan fingerprint density at radius 1 is 1.24 bits per heavy atom. The van der Waals surface area contributed by atoms with Gasteiger partial charge in [-0.15, -0.1) is 0 Å². The van der Waals surface area contributed by atoms with Crippen LogP contribution in [0, 0.1) is 0 Å². The van der Waals surface area contributed by atoms with Crippen molar-refractivity contribution in [2.24, 2.45) is 5.10 Å². The van der Waals surface area contributed by atoms with Gasteiger partial charge < -0.3 is 4.74 Å². The van der Waals surface area contributed by atoms with Crippen LogP contribution in [0.25, 0.3) is 0 Å². The largest absolute Gasteiger partial charge is 0.497 e. The van der Waals surface area contributed by atoms with E-state index in [0.29, 0.717) is 5.71 Å². The lowest BCUT2D eigenvalue weighted by molar-refractivity contribution is 0.0948. The van der Waals surface area contributed by atoms with Crippen molar-refractivity contribution in [3.63, 3.8) is 0 Å². The Morgan fingerprint density at radius 3 is 2.52 bits per heavy atom. The minimum Gasteiger partial charge on any atom is -0.497 e. The van der Waals surface area contributed by atoms with E-state index >= 15 is 0 Å². The van der Waals surface area contributed by atoms with Crippen LogP contribution in [0.15, 0.2) is 46.3 Å². The molecule has 0 saturated heterocycles. The van der Waals surface area contributed by atoms with Gasteiger partial charge in [0.1, 0.15) is 5.75 Å². The van der Waals surface area contributed by atoms with Crippen LogP contribution in [0.1, 0.15) is 23.0 Å². The van der Waals surface area contributed by atoms with Gasteiger partial charge in [0.15, 0.2) is 5.69 Å². The molecule has 0 fully saturated rings. The van der Waals surface area contributed by atoms with Crippen molar-refractivity contribution in [3.05, 3.63) is 58.0 Å². The standard InChI is InChI=1S/C14H14N4O3/c1-9(10-3-5-11(21-2)6-4-10)15-18-14(20)12-7-8-13(19)17-16-12/h3-8H,1-2H3,(H,17,19)(H,18,20). The molecule has 0 spiro atoms. The average molecular weight is 286 g/mol. The van der Waals surface area contributed by atoms with Gasteiger partial charge in [0.2, 0.25) is 0 Å². The average Bonchev–Trinajstić information content (AvgIpc) is 2.53. The highest BCUT2D eigenvalue weighted by Gasteiger charge is 2.06. The third-order valence-corrected chi connectivity index (χ3v) is 2.74. The maximum Gasteiger partial charge on any atom is 0.291 e. The number of carbonyl (C=O) groups is 1. The van der Waals surface area contributed by atoms with E-state index in [4.69, 9.17) is 4.74 Å². The van der Waals surface area contributed by atoms with Gasteiger partial charge >= 0.3 is 0 Å². The third-order valence-electron chi connectivity index (χ3n) is 2.74. The number of methoxy groups -OCH3 is 1. The number of hydrogen-bond donors (Lipinski definition) is 2. The van der Waals surface area contributed by atoms with Crippen LogP contribution in [0.2, 0.25) is 0 Å². The van der Waals surface area contributed by atoms with Crippen LogP contribution < -0.4 is 15.7 Å². The van der Waals surface area contributed by atoms with Gasteiger partial charge in [-0.1, -0.05) is 0 Å². The molecule has 1 heterocycles. The second kappa shape index (κ2) is 6.47. The zero-order valence-electron chi connectivity index (χ0n) is 11.6. The van der Waals surface area contributed by atoms with Gasteiger partial charge in [-0.2, -0.15) is 10.2 Å². The second-order valence-corrected chi connectivity index (χ2v) is 4.17. The Balaban J connectivity index is 2.06. The summed E-state index contributed by atoms with van der Waals surface area (Å²) < 4.78 is 5.07. The van der Waals surface area contributed by atoms with Crippen molar-refractivity contribution in [3.8, 4) is 5.75 Å².